The summed E-state index contributed by atoms with van der Waals surface area (Å²) in [6, 6.07) is 4.79. The van der Waals surface area contributed by atoms with Crippen LogP contribution in [0.4, 0.5) is 0 Å². The molecule has 1 atom stereocenters. The predicted molar refractivity (Wildman–Crippen MR) is 55.5 cm³/mol. The van der Waals surface area contributed by atoms with E-state index in [2.05, 4.69) is 29.6 Å². The zero-order valence-electron chi connectivity index (χ0n) is 8.43. The lowest BCUT2D eigenvalue weighted by Crippen LogP contribution is -2.17. The third-order valence-electron chi connectivity index (χ3n) is 2.59. The van der Waals surface area contributed by atoms with Crippen molar-refractivity contribution in [1.29, 1.82) is 5.26 Å². The molecular weight excluding hydrogens is 174 g/mol. The highest BCUT2D eigenvalue weighted by Gasteiger charge is 2.21. The van der Waals surface area contributed by atoms with Gasteiger partial charge in [0.2, 0.25) is 0 Å². The highest BCUT2D eigenvalue weighted by molar-refractivity contribution is 5.14. The van der Waals surface area contributed by atoms with Crippen LogP contribution in [0.5, 0.6) is 0 Å². The lowest BCUT2D eigenvalue weighted by molar-refractivity contribution is 0.317. The number of hydrogen-bond donors (Lipinski definition) is 0. The van der Waals surface area contributed by atoms with Crippen LogP contribution >= 0.6 is 0 Å². The van der Waals surface area contributed by atoms with E-state index in [4.69, 9.17) is 5.26 Å². The van der Waals surface area contributed by atoms with Crippen molar-refractivity contribution in [3.63, 3.8) is 0 Å². The molecule has 1 fully saturated rings. The second-order valence-corrected chi connectivity index (χ2v) is 3.42. The lowest BCUT2D eigenvalue weighted by atomic mass is 10.1. The van der Waals surface area contributed by atoms with Gasteiger partial charge in [0.1, 0.15) is 0 Å². The number of likely N-dealkylation sites (tertiary alicyclic amines) is 1. The molecule has 0 amide bonds. The molecule has 3 nitrogen and oxygen atoms in total. The van der Waals surface area contributed by atoms with Gasteiger partial charge in [0.05, 0.1) is 0 Å². The molecule has 1 saturated heterocycles. The molecule has 0 spiro atoms. The topological polar surface area (TPSA) is 39.9 Å². The van der Waals surface area contributed by atoms with E-state index in [1.165, 1.54) is 24.9 Å². The Labute approximate surface area is 85.0 Å². The van der Waals surface area contributed by atoms with E-state index in [-0.39, 0.29) is 0 Å². The van der Waals surface area contributed by atoms with Crippen LogP contribution in [0, 0.1) is 11.8 Å². The van der Waals surface area contributed by atoms with E-state index in [1.54, 1.807) is 0 Å². The Morgan fingerprint density at radius 1 is 1.57 bits per heavy atom. The first-order valence-corrected chi connectivity index (χ1v) is 4.74. The second kappa shape index (κ2) is 5.36. The maximum atomic E-state index is 6.50. The van der Waals surface area contributed by atoms with Gasteiger partial charge in [-0.1, -0.05) is 6.07 Å². The fraction of sp³-hybridized carbons (Fsp3) is 0.455. The van der Waals surface area contributed by atoms with E-state index in [0.717, 1.165) is 0 Å². The van der Waals surface area contributed by atoms with Gasteiger partial charge in [-0.15, -0.1) is 0 Å². The molecule has 0 aromatic carbocycles. The molecule has 74 valence electrons. The summed E-state index contributed by atoms with van der Waals surface area (Å²) in [6.07, 6.45) is 6.41. The van der Waals surface area contributed by atoms with Crippen molar-refractivity contribution in [3.05, 3.63) is 30.1 Å². The second-order valence-electron chi connectivity index (χ2n) is 3.42. The largest absolute Gasteiger partial charge is 0.299 e. The number of hydrogen-bond acceptors (Lipinski definition) is 3. The van der Waals surface area contributed by atoms with Crippen molar-refractivity contribution >= 4 is 0 Å². The van der Waals surface area contributed by atoms with Gasteiger partial charge in [0.25, 0.3) is 0 Å². The molecule has 1 aliphatic rings. The fourth-order valence-electron chi connectivity index (χ4n) is 1.90. The number of nitriles is 1. The Balaban J connectivity index is 0.000000461. The van der Waals surface area contributed by atoms with Gasteiger partial charge in [0.15, 0.2) is 0 Å². The van der Waals surface area contributed by atoms with Gasteiger partial charge in [0, 0.05) is 25.0 Å². The average molecular weight is 189 g/mol. The van der Waals surface area contributed by atoms with Gasteiger partial charge < -0.3 is 0 Å². The monoisotopic (exact) mass is 189 g/mol. The van der Waals surface area contributed by atoms with Crippen molar-refractivity contribution in [3.8, 4) is 6.57 Å². The van der Waals surface area contributed by atoms with Crippen LogP contribution in [0.1, 0.15) is 24.4 Å². The first-order valence-electron chi connectivity index (χ1n) is 4.74. The van der Waals surface area contributed by atoms with Crippen LogP contribution in [-0.2, 0) is 0 Å². The minimum Gasteiger partial charge on any atom is -0.299 e. The number of nitrogens with zero attached hydrogens (tertiary/aromatic N) is 3. The van der Waals surface area contributed by atoms with Crippen molar-refractivity contribution in [2.45, 2.75) is 18.9 Å². The van der Waals surface area contributed by atoms with Gasteiger partial charge in [-0.3, -0.25) is 9.88 Å². The van der Waals surface area contributed by atoms with E-state index in [0.29, 0.717) is 6.04 Å². The standard InChI is InChI=1S/C10H14N2.CHN/c1-12-7-3-5-10(12)9-4-2-6-11-8-9;1-2/h2,4,6,8,10H,3,5,7H2,1H3;1H. The maximum Gasteiger partial charge on any atom is 0.0462 e. The number of rotatable bonds is 1. The highest BCUT2D eigenvalue weighted by atomic mass is 15.1. The summed E-state index contributed by atoms with van der Waals surface area (Å²) in [4.78, 5) is 6.54. The zero-order valence-corrected chi connectivity index (χ0v) is 8.43. The lowest BCUT2D eigenvalue weighted by Gasteiger charge is -2.18. The molecule has 1 unspecified atom stereocenters. The number of pyridine rings is 1. The first-order chi connectivity index (χ1) is 6.88. The number of aromatic nitrogens is 1. The van der Waals surface area contributed by atoms with Gasteiger partial charge in [-0.25, -0.2) is 5.26 Å². The zero-order chi connectivity index (χ0) is 10.4. The van der Waals surface area contributed by atoms with Crippen molar-refractivity contribution < 1.29 is 0 Å². The molecule has 2 rings (SSSR count). The molecule has 14 heavy (non-hydrogen) atoms. The quantitative estimate of drug-likeness (QED) is 0.678. The summed E-state index contributed by atoms with van der Waals surface area (Å²) in [5.74, 6) is 0. The molecule has 1 aromatic heterocycles. The summed E-state index contributed by atoms with van der Waals surface area (Å²) in [7, 11) is 2.19. The predicted octanol–water partition coefficient (Wildman–Crippen LogP) is 1.99. The summed E-state index contributed by atoms with van der Waals surface area (Å²) >= 11 is 0. The third kappa shape index (κ3) is 2.30. The van der Waals surface area contributed by atoms with E-state index >= 15 is 0 Å². The first kappa shape index (κ1) is 10.7. The van der Waals surface area contributed by atoms with Crippen LogP contribution < -0.4 is 0 Å². The summed E-state index contributed by atoms with van der Waals surface area (Å²) in [5.41, 5.74) is 1.36. The van der Waals surface area contributed by atoms with Crippen molar-refractivity contribution in [1.82, 2.24) is 9.88 Å². The van der Waals surface area contributed by atoms with Gasteiger partial charge in [-0.05, 0) is 38.1 Å². The van der Waals surface area contributed by atoms with Crippen molar-refractivity contribution in [2.24, 2.45) is 0 Å². The Morgan fingerprint density at radius 2 is 2.36 bits per heavy atom. The van der Waals surface area contributed by atoms with Crippen LogP contribution in [0.3, 0.4) is 0 Å². The third-order valence-corrected chi connectivity index (χ3v) is 2.59. The van der Waals surface area contributed by atoms with Crippen LogP contribution in [0.15, 0.2) is 24.5 Å². The van der Waals surface area contributed by atoms with Gasteiger partial charge in [-0.2, -0.15) is 0 Å². The Kier molecular flexibility index (Phi) is 4.09. The molecule has 3 heteroatoms. The van der Waals surface area contributed by atoms with Crippen LogP contribution in [0.25, 0.3) is 0 Å². The van der Waals surface area contributed by atoms with Crippen molar-refractivity contribution in [2.75, 3.05) is 13.6 Å². The molecule has 0 saturated carbocycles. The maximum absolute atomic E-state index is 6.50. The summed E-state index contributed by atoms with van der Waals surface area (Å²) in [6.45, 7) is 4.72. The minimum atomic E-state index is 0.610. The Morgan fingerprint density at radius 3 is 2.86 bits per heavy atom. The van der Waals surface area contributed by atoms with E-state index < -0.39 is 0 Å². The molecule has 0 radical (unpaired) electrons. The fourth-order valence-corrected chi connectivity index (χ4v) is 1.90. The molecule has 0 bridgehead atoms. The van der Waals surface area contributed by atoms with E-state index in [1.807, 2.05) is 18.5 Å². The Bertz CT molecular complexity index is 281. The molecule has 1 aromatic rings. The van der Waals surface area contributed by atoms with Crippen LogP contribution in [0.2, 0.25) is 0 Å². The summed E-state index contributed by atoms with van der Waals surface area (Å²) in [5, 5.41) is 6.50. The SMILES string of the molecule is C#N.CN1CCCC1c1cccnc1. The molecule has 2 heterocycles. The average Bonchev–Trinajstić information content (AvgIpc) is 2.69. The van der Waals surface area contributed by atoms with E-state index in [9.17, 15) is 0 Å². The smallest absolute Gasteiger partial charge is 0.0462 e. The molecule has 0 N–H and O–H groups in total. The minimum absolute atomic E-state index is 0.610. The summed E-state index contributed by atoms with van der Waals surface area (Å²) < 4.78 is 0. The van der Waals surface area contributed by atoms with Crippen LogP contribution in [-0.4, -0.2) is 23.5 Å². The molecule has 1 aliphatic heterocycles. The molecule has 0 aliphatic carbocycles. The molecular formula is C11H15N3. The highest BCUT2D eigenvalue weighted by Crippen LogP contribution is 2.29. The normalized spacial score (nSPS) is 21.2. The Hall–Kier alpha value is -1.40. The van der Waals surface area contributed by atoms with Gasteiger partial charge >= 0.3 is 0 Å².